The molecule has 0 saturated heterocycles. The van der Waals surface area contributed by atoms with Gasteiger partial charge >= 0.3 is 17.9 Å². The van der Waals surface area contributed by atoms with Gasteiger partial charge in [-0.15, -0.1) is 0 Å². The summed E-state index contributed by atoms with van der Waals surface area (Å²) in [7, 11) is 5.98. The summed E-state index contributed by atoms with van der Waals surface area (Å²) >= 11 is 0. The third-order valence-electron chi connectivity index (χ3n) is 14.0. The zero-order valence-corrected chi connectivity index (χ0v) is 47.9. The van der Waals surface area contributed by atoms with Crippen molar-refractivity contribution in [1.29, 1.82) is 0 Å². The SMILES string of the molecule is CCCCCCCCCC/C=C\CCCCCCCCCCCCCCCCCCCCCCCCCC(=O)OC(COC(=O)CCCCCCCCCCCCC)COC(OCC[N+](C)(C)C)C(=O)O. The van der Waals surface area contributed by atoms with Gasteiger partial charge in [0.2, 0.25) is 0 Å². The predicted molar refractivity (Wildman–Crippen MR) is 300 cm³/mol. The highest BCUT2D eigenvalue weighted by molar-refractivity contribution is 5.71. The highest BCUT2D eigenvalue weighted by Gasteiger charge is 2.25. The molecule has 2 unspecified atom stereocenters. The van der Waals surface area contributed by atoms with E-state index in [0.717, 1.165) is 38.5 Å². The molecule has 71 heavy (non-hydrogen) atoms. The van der Waals surface area contributed by atoms with Gasteiger partial charge in [0.15, 0.2) is 6.10 Å². The van der Waals surface area contributed by atoms with E-state index in [0.29, 0.717) is 17.4 Å². The summed E-state index contributed by atoms with van der Waals surface area (Å²) in [6, 6.07) is 0. The van der Waals surface area contributed by atoms with Gasteiger partial charge in [0.1, 0.15) is 13.2 Å². The Balaban J connectivity index is 3.94. The number of aliphatic carboxylic acids is 1. The second kappa shape index (κ2) is 54.3. The Morgan fingerprint density at radius 2 is 0.718 bits per heavy atom. The lowest BCUT2D eigenvalue weighted by molar-refractivity contribution is -0.870. The van der Waals surface area contributed by atoms with Crippen molar-refractivity contribution in [2.24, 2.45) is 0 Å². The van der Waals surface area contributed by atoms with Gasteiger partial charge in [-0.05, 0) is 38.5 Å². The second-order valence-corrected chi connectivity index (χ2v) is 22.4. The molecular weight excluding hydrogens is 887 g/mol. The lowest BCUT2D eigenvalue weighted by Crippen LogP contribution is -2.40. The average Bonchev–Trinajstić information content (AvgIpc) is 3.34. The molecular formula is C62H120NO8+. The fraction of sp³-hybridized carbons (Fsp3) is 0.919. The lowest BCUT2D eigenvalue weighted by atomic mass is 10.0. The van der Waals surface area contributed by atoms with Crippen LogP contribution in [0.2, 0.25) is 0 Å². The third-order valence-corrected chi connectivity index (χ3v) is 14.0. The first-order valence-electron chi connectivity index (χ1n) is 30.9. The number of carbonyl (C=O) groups is 3. The van der Waals surface area contributed by atoms with E-state index in [4.69, 9.17) is 18.9 Å². The molecule has 420 valence electrons. The van der Waals surface area contributed by atoms with E-state index >= 15 is 0 Å². The van der Waals surface area contributed by atoms with Crippen LogP contribution >= 0.6 is 0 Å². The Kier molecular flexibility index (Phi) is 52.8. The molecule has 2 atom stereocenters. The van der Waals surface area contributed by atoms with Gasteiger partial charge < -0.3 is 28.5 Å². The van der Waals surface area contributed by atoms with Crippen LogP contribution in [-0.2, 0) is 33.3 Å². The molecule has 9 heteroatoms. The van der Waals surface area contributed by atoms with Crippen LogP contribution < -0.4 is 0 Å². The number of ether oxygens (including phenoxy) is 4. The Hall–Kier alpha value is -1.97. The van der Waals surface area contributed by atoms with Crippen LogP contribution in [0.1, 0.15) is 309 Å². The van der Waals surface area contributed by atoms with Crippen molar-refractivity contribution in [3.8, 4) is 0 Å². The minimum Gasteiger partial charge on any atom is -0.477 e. The largest absolute Gasteiger partial charge is 0.477 e. The van der Waals surface area contributed by atoms with Gasteiger partial charge in [0, 0.05) is 12.8 Å². The van der Waals surface area contributed by atoms with Gasteiger partial charge in [0.25, 0.3) is 6.29 Å². The molecule has 0 radical (unpaired) electrons. The molecule has 0 aromatic carbocycles. The fourth-order valence-corrected chi connectivity index (χ4v) is 9.25. The van der Waals surface area contributed by atoms with Crippen molar-refractivity contribution >= 4 is 17.9 Å². The number of carbonyl (C=O) groups excluding carboxylic acids is 2. The van der Waals surface area contributed by atoms with Crippen LogP contribution in [-0.4, -0.2) is 87.4 Å². The highest BCUT2D eigenvalue weighted by Crippen LogP contribution is 2.18. The smallest absolute Gasteiger partial charge is 0.361 e. The molecule has 1 N–H and O–H groups in total. The number of esters is 2. The molecule has 0 aromatic rings. The standard InChI is InChI=1S/C62H119NO8/c1-6-8-10-12-14-16-18-19-20-21-22-23-24-25-26-27-28-29-30-31-32-33-34-35-36-37-38-39-40-41-43-45-47-49-51-53-60(65)71-58(57-70-62(61(66)67)68-55-54-63(3,4)5)56-69-59(64)52-50-48-46-44-42-17-15-13-11-9-7-2/h21-22,58,62H,6-20,23-57H2,1-5H3/p+1/b22-21-. The van der Waals surface area contributed by atoms with E-state index in [9.17, 15) is 19.5 Å². The summed E-state index contributed by atoms with van der Waals surface area (Å²) in [5.74, 6) is -1.98. The van der Waals surface area contributed by atoms with Crippen molar-refractivity contribution in [3.05, 3.63) is 12.2 Å². The van der Waals surface area contributed by atoms with Gasteiger partial charge in [-0.2, -0.15) is 0 Å². The number of unbranched alkanes of at least 4 members (excludes halogenated alkanes) is 41. The van der Waals surface area contributed by atoms with Crippen LogP contribution in [0.15, 0.2) is 12.2 Å². The van der Waals surface area contributed by atoms with Crippen molar-refractivity contribution < 1.29 is 42.9 Å². The maximum atomic E-state index is 12.9. The number of nitrogens with zero attached hydrogens (tertiary/aromatic N) is 1. The molecule has 0 fully saturated rings. The number of quaternary nitrogens is 1. The molecule has 0 aliphatic rings. The number of allylic oxidation sites excluding steroid dienone is 2. The Morgan fingerprint density at radius 3 is 1.04 bits per heavy atom. The van der Waals surface area contributed by atoms with Crippen LogP contribution in [0, 0.1) is 0 Å². The summed E-state index contributed by atoms with van der Waals surface area (Å²) in [5.41, 5.74) is 0. The van der Waals surface area contributed by atoms with E-state index in [1.807, 2.05) is 21.1 Å². The van der Waals surface area contributed by atoms with Crippen LogP contribution in [0.3, 0.4) is 0 Å². The summed E-state index contributed by atoms with van der Waals surface area (Å²) in [6.45, 7) is 4.91. The molecule has 0 aliphatic heterocycles. The molecule has 0 saturated carbocycles. The number of carboxylic acids is 1. The zero-order chi connectivity index (χ0) is 52.0. The van der Waals surface area contributed by atoms with Crippen LogP contribution in [0.4, 0.5) is 0 Å². The normalized spacial score (nSPS) is 12.7. The molecule has 9 nitrogen and oxygen atoms in total. The van der Waals surface area contributed by atoms with E-state index < -0.39 is 18.4 Å². The van der Waals surface area contributed by atoms with Gasteiger partial charge in [0.05, 0.1) is 34.4 Å². The Bertz CT molecular complexity index is 1170. The number of hydrogen-bond acceptors (Lipinski definition) is 7. The predicted octanol–water partition coefficient (Wildman–Crippen LogP) is 18.1. The van der Waals surface area contributed by atoms with Crippen LogP contribution in [0.5, 0.6) is 0 Å². The lowest BCUT2D eigenvalue weighted by Gasteiger charge is -2.25. The number of carboxylic acid groups (broad SMARTS) is 1. The Labute approximate surface area is 440 Å². The van der Waals surface area contributed by atoms with E-state index in [1.165, 1.54) is 244 Å². The first kappa shape index (κ1) is 69.0. The van der Waals surface area contributed by atoms with Crippen molar-refractivity contribution in [1.82, 2.24) is 0 Å². The van der Waals surface area contributed by atoms with E-state index in [-0.39, 0.29) is 38.2 Å². The highest BCUT2D eigenvalue weighted by atomic mass is 16.7. The van der Waals surface area contributed by atoms with Crippen molar-refractivity contribution in [3.63, 3.8) is 0 Å². The second-order valence-electron chi connectivity index (χ2n) is 22.4. The van der Waals surface area contributed by atoms with Crippen molar-refractivity contribution in [2.75, 3.05) is 47.5 Å². The molecule has 0 spiro atoms. The first-order chi connectivity index (χ1) is 34.6. The topological polar surface area (TPSA) is 108 Å². The van der Waals surface area contributed by atoms with Crippen LogP contribution in [0.25, 0.3) is 0 Å². The summed E-state index contributed by atoms with van der Waals surface area (Å²) in [5, 5.41) is 9.68. The number of likely N-dealkylation sites (N-methyl/N-ethyl adjacent to an activating group) is 1. The van der Waals surface area contributed by atoms with Gasteiger partial charge in [-0.1, -0.05) is 270 Å². The summed E-state index contributed by atoms with van der Waals surface area (Å²) < 4.78 is 22.8. The van der Waals surface area contributed by atoms with Gasteiger partial charge in [-0.3, -0.25) is 9.59 Å². The third kappa shape index (κ3) is 55.6. The molecule has 0 aliphatic carbocycles. The Morgan fingerprint density at radius 1 is 0.408 bits per heavy atom. The maximum Gasteiger partial charge on any atom is 0.361 e. The maximum absolute atomic E-state index is 12.9. The minimum absolute atomic E-state index is 0.174. The minimum atomic E-state index is -1.50. The number of rotatable bonds is 58. The van der Waals surface area contributed by atoms with Gasteiger partial charge in [-0.25, -0.2) is 4.79 Å². The summed E-state index contributed by atoms with van der Waals surface area (Å²) in [6.07, 6.45) is 60.4. The quantitative estimate of drug-likeness (QED) is 0.0211. The molecule has 0 aromatic heterocycles. The van der Waals surface area contributed by atoms with E-state index in [1.54, 1.807) is 0 Å². The van der Waals surface area contributed by atoms with Crippen molar-refractivity contribution in [2.45, 2.75) is 322 Å². The fourth-order valence-electron chi connectivity index (χ4n) is 9.25. The molecule has 0 bridgehead atoms. The first-order valence-corrected chi connectivity index (χ1v) is 30.9. The monoisotopic (exact) mass is 1010 g/mol. The molecule has 0 amide bonds. The zero-order valence-electron chi connectivity index (χ0n) is 47.9. The summed E-state index contributed by atoms with van der Waals surface area (Å²) in [4.78, 5) is 37.3. The molecule has 0 heterocycles. The molecule has 0 rings (SSSR count). The number of hydrogen-bond donors (Lipinski definition) is 1. The van der Waals surface area contributed by atoms with E-state index in [2.05, 4.69) is 26.0 Å². The average molecular weight is 1010 g/mol.